The first-order valence-electron chi connectivity index (χ1n) is 21.6. The van der Waals surface area contributed by atoms with E-state index in [2.05, 4.69) is 30.6 Å². The van der Waals surface area contributed by atoms with Crippen molar-refractivity contribution in [2.45, 2.75) is 87.4 Å². The first kappa shape index (κ1) is 46.1. The summed E-state index contributed by atoms with van der Waals surface area (Å²) in [6.45, 7) is 17.9. The number of nitro groups is 2. The van der Waals surface area contributed by atoms with Gasteiger partial charge < -0.3 is 15.2 Å². The van der Waals surface area contributed by atoms with Gasteiger partial charge in [0.1, 0.15) is 23.3 Å². The van der Waals surface area contributed by atoms with Crippen molar-refractivity contribution in [1.29, 1.82) is 0 Å². The van der Waals surface area contributed by atoms with Crippen LogP contribution in [0.3, 0.4) is 0 Å². The maximum Gasteiger partial charge on any atom is 0.270 e. The molecule has 2 atom stereocenters. The molecule has 0 saturated heterocycles. The molecule has 0 bridgehead atoms. The Bertz CT molecular complexity index is 3230. The number of nitro benzene ring substituents is 2. The number of hydrogen-bond acceptors (Lipinski definition) is 12. The number of aromatic nitrogens is 5. The number of hydrogen-bond donors (Lipinski definition) is 2. The van der Waals surface area contributed by atoms with Gasteiger partial charge in [0.05, 0.1) is 33.0 Å². The molecule has 2 N–H and O–H groups in total. The van der Waals surface area contributed by atoms with Crippen LogP contribution >= 0.6 is 0 Å². The standard InChI is InChI=1S/C26H27N5O3.C25H24N4O3/c1-6-30-14-19(7-8-25(30)32)22-13-23-24(11-16(22)3)28-18(5)29-26(23)27-17(4)20-9-15(2)10-21(12-20)31(33)34;1-14-9-19(12-20(10-14)29(31)32)16(3)26-25-23-13-22(18-5-7-21(30)8-6-18)15(2)11-24(23)27-17(4)28-25/h7-14,17H,6H2,1-5H3,(H,27,28,29);5-7,9-13,16H,8H2,1-4H3,(H,26,27,28)/t17-;16-/m11/s1. The van der Waals surface area contributed by atoms with Crippen LogP contribution in [0.15, 0.2) is 102 Å². The number of pyridine rings is 1. The third-order valence-electron chi connectivity index (χ3n) is 11.5. The van der Waals surface area contributed by atoms with Gasteiger partial charge in [-0.15, -0.1) is 0 Å². The molecule has 336 valence electrons. The summed E-state index contributed by atoms with van der Waals surface area (Å²) in [5.41, 5.74) is 11.1. The molecule has 66 heavy (non-hydrogen) atoms. The molecule has 0 fully saturated rings. The van der Waals surface area contributed by atoms with Crippen LogP contribution in [-0.4, -0.2) is 40.1 Å². The highest BCUT2D eigenvalue weighted by Gasteiger charge is 2.19. The van der Waals surface area contributed by atoms with Crippen LogP contribution < -0.4 is 16.2 Å². The third kappa shape index (κ3) is 10.2. The van der Waals surface area contributed by atoms with Crippen molar-refractivity contribution in [2.75, 3.05) is 10.6 Å². The summed E-state index contributed by atoms with van der Waals surface area (Å²) in [5, 5.41) is 31.2. The van der Waals surface area contributed by atoms with Crippen molar-refractivity contribution >= 4 is 56.2 Å². The maximum atomic E-state index is 12.1. The van der Waals surface area contributed by atoms with Crippen LogP contribution in [0.2, 0.25) is 0 Å². The Morgan fingerprint density at radius 3 is 1.62 bits per heavy atom. The van der Waals surface area contributed by atoms with E-state index in [4.69, 9.17) is 0 Å². The predicted molar refractivity (Wildman–Crippen MR) is 260 cm³/mol. The predicted octanol–water partition coefficient (Wildman–Crippen LogP) is 11.0. The highest BCUT2D eigenvalue weighted by Crippen LogP contribution is 2.35. The Hall–Kier alpha value is -7.94. The molecule has 0 amide bonds. The van der Waals surface area contributed by atoms with Crippen molar-refractivity contribution < 1.29 is 14.6 Å². The number of carbonyl (C=O) groups is 1. The number of allylic oxidation sites excluding steroid dienone is 4. The summed E-state index contributed by atoms with van der Waals surface area (Å²) in [6.07, 6.45) is 7.65. The Morgan fingerprint density at radius 2 is 1.15 bits per heavy atom. The molecule has 15 heteroatoms. The minimum absolute atomic E-state index is 0.0351. The lowest BCUT2D eigenvalue weighted by molar-refractivity contribution is -0.385. The summed E-state index contributed by atoms with van der Waals surface area (Å²) in [6, 6.07) is 21.3. The number of benzene rings is 4. The maximum absolute atomic E-state index is 12.1. The molecular formula is C51H51N9O6. The van der Waals surface area contributed by atoms with Crippen molar-refractivity contribution in [2.24, 2.45) is 0 Å². The molecule has 8 rings (SSSR count). The number of carbonyl (C=O) groups excluding carboxylic acids is 1. The van der Waals surface area contributed by atoms with E-state index in [1.807, 2.05) is 123 Å². The van der Waals surface area contributed by atoms with Crippen molar-refractivity contribution in [3.05, 3.63) is 178 Å². The lowest BCUT2D eigenvalue weighted by Crippen LogP contribution is -2.17. The van der Waals surface area contributed by atoms with E-state index in [1.54, 1.807) is 41.0 Å². The lowest BCUT2D eigenvalue weighted by Gasteiger charge is -2.19. The molecule has 1 aliphatic rings. The minimum atomic E-state index is -0.377. The van der Waals surface area contributed by atoms with Crippen LogP contribution in [0.1, 0.15) is 89.9 Å². The monoisotopic (exact) mass is 885 g/mol. The van der Waals surface area contributed by atoms with Crippen LogP contribution in [-0.2, 0) is 11.3 Å². The van der Waals surface area contributed by atoms with Crippen molar-refractivity contribution in [1.82, 2.24) is 24.5 Å². The van der Waals surface area contributed by atoms with E-state index in [9.17, 15) is 29.8 Å². The Labute approximate surface area is 381 Å². The quantitative estimate of drug-likeness (QED) is 0.0921. The van der Waals surface area contributed by atoms with Crippen LogP contribution in [0.5, 0.6) is 0 Å². The molecule has 0 aliphatic heterocycles. The van der Waals surface area contributed by atoms with Crippen LogP contribution in [0.25, 0.3) is 38.5 Å². The minimum Gasteiger partial charge on any atom is -0.363 e. The highest BCUT2D eigenvalue weighted by molar-refractivity contribution is 6.00. The van der Waals surface area contributed by atoms with E-state index in [0.717, 1.165) is 77.5 Å². The fraction of sp³-hybridized carbons (Fsp3) is 0.255. The Kier molecular flexibility index (Phi) is 13.3. The second kappa shape index (κ2) is 19.0. The second-order valence-corrected chi connectivity index (χ2v) is 16.8. The van der Waals surface area contributed by atoms with E-state index >= 15 is 0 Å². The number of non-ortho nitro benzene ring substituents is 2. The number of fused-ring (bicyclic) bond motifs is 2. The van der Waals surface area contributed by atoms with E-state index in [0.29, 0.717) is 36.3 Å². The SMILES string of the molecule is CCn1cc(-c2cc3c(N[C@H](C)c4cc(C)cc([N+](=O)[O-])c4)nc(C)nc3cc2C)ccc1=O.Cc1cc([C@@H](C)Nc2nc(C)nc3cc(C)c(C4=CCC(=O)C=C4)cc23)cc([N+](=O)[O-])c1. The molecule has 3 heterocycles. The Morgan fingerprint density at radius 1 is 0.652 bits per heavy atom. The van der Waals surface area contributed by atoms with Gasteiger partial charge in [0.2, 0.25) is 0 Å². The van der Waals surface area contributed by atoms with Crippen LogP contribution in [0, 0.1) is 61.8 Å². The van der Waals surface area contributed by atoms with Gasteiger partial charge in [-0.25, -0.2) is 19.9 Å². The summed E-state index contributed by atoms with van der Waals surface area (Å²) in [5.74, 6) is 2.68. The fourth-order valence-corrected chi connectivity index (χ4v) is 8.17. The number of aryl methyl sites for hydroxylation is 7. The molecule has 15 nitrogen and oxygen atoms in total. The number of nitrogens with one attached hydrogen (secondary N) is 2. The van der Waals surface area contributed by atoms with Gasteiger partial charge in [-0.3, -0.25) is 29.8 Å². The lowest BCUT2D eigenvalue weighted by atomic mass is 9.94. The van der Waals surface area contributed by atoms with Gasteiger partial charge >= 0.3 is 0 Å². The molecular weight excluding hydrogens is 835 g/mol. The highest BCUT2D eigenvalue weighted by atomic mass is 16.6. The fourth-order valence-electron chi connectivity index (χ4n) is 8.17. The zero-order valence-corrected chi connectivity index (χ0v) is 38.4. The average molecular weight is 886 g/mol. The summed E-state index contributed by atoms with van der Waals surface area (Å²) in [4.78, 5) is 64.0. The van der Waals surface area contributed by atoms with E-state index < -0.39 is 0 Å². The molecule has 0 unspecified atom stereocenters. The smallest absolute Gasteiger partial charge is 0.270 e. The zero-order chi connectivity index (χ0) is 47.6. The first-order chi connectivity index (χ1) is 31.4. The largest absolute Gasteiger partial charge is 0.363 e. The van der Waals surface area contributed by atoms with Gasteiger partial charge in [0.25, 0.3) is 16.9 Å². The molecule has 1 aliphatic carbocycles. The van der Waals surface area contributed by atoms with Gasteiger partial charge in [-0.05, 0) is 154 Å². The normalized spacial score (nSPS) is 13.2. The average Bonchev–Trinajstić information content (AvgIpc) is 3.26. The topological polar surface area (TPSA) is 201 Å². The summed E-state index contributed by atoms with van der Waals surface area (Å²) >= 11 is 0. The first-order valence-corrected chi connectivity index (χ1v) is 21.6. The van der Waals surface area contributed by atoms with Gasteiger partial charge in [-0.2, -0.15) is 0 Å². The number of ketones is 1. The van der Waals surface area contributed by atoms with Crippen LogP contribution in [0.4, 0.5) is 23.0 Å². The van der Waals surface area contributed by atoms with Crippen molar-refractivity contribution in [3.8, 4) is 11.1 Å². The molecule has 0 radical (unpaired) electrons. The number of anilines is 2. The summed E-state index contributed by atoms with van der Waals surface area (Å²) in [7, 11) is 0. The van der Waals surface area contributed by atoms with Gasteiger partial charge in [0, 0.05) is 60.3 Å². The zero-order valence-electron chi connectivity index (χ0n) is 38.4. The molecule has 4 aromatic carbocycles. The van der Waals surface area contributed by atoms with E-state index in [1.165, 1.54) is 0 Å². The molecule has 0 spiro atoms. The van der Waals surface area contributed by atoms with Gasteiger partial charge in [-0.1, -0.05) is 24.3 Å². The van der Waals surface area contributed by atoms with Crippen molar-refractivity contribution in [3.63, 3.8) is 0 Å². The van der Waals surface area contributed by atoms with E-state index in [-0.39, 0.29) is 44.6 Å². The second-order valence-electron chi connectivity index (χ2n) is 16.8. The molecule has 3 aromatic heterocycles. The Balaban J connectivity index is 0.000000197. The number of nitrogens with zero attached hydrogens (tertiary/aromatic N) is 7. The molecule has 0 saturated carbocycles. The van der Waals surface area contributed by atoms with Gasteiger partial charge in [0.15, 0.2) is 5.78 Å². The summed E-state index contributed by atoms with van der Waals surface area (Å²) < 4.78 is 1.68. The molecule has 7 aromatic rings. The number of rotatable bonds is 11. The third-order valence-corrected chi connectivity index (χ3v) is 11.5.